The highest BCUT2D eigenvalue weighted by atomic mass is 16.6. The van der Waals surface area contributed by atoms with E-state index in [4.69, 9.17) is 4.84 Å². The maximum absolute atomic E-state index is 12.5. The van der Waals surface area contributed by atoms with Crippen molar-refractivity contribution in [3.63, 3.8) is 0 Å². The largest absolute Gasteiger partial charge is 0.391 e. The first-order valence-electron chi connectivity index (χ1n) is 8.19. The summed E-state index contributed by atoms with van der Waals surface area (Å²) in [5, 5.41) is 4.25. The number of ketones is 1. The Balaban J connectivity index is 1.76. The van der Waals surface area contributed by atoms with E-state index in [0.29, 0.717) is 17.9 Å². The molecule has 0 N–H and O–H groups in total. The lowest BCUT2D eigenvalue weighted by Crippen LogP contribution is -2.10. The van der Waals surface area contributed by atoms with Crippen LogP contribution < -0.4 is 0 Å². The van der Waals surface area contributed by atoms with Crippen molar-refractivity contribution < 1.29 is 9.63 Å². The first-order chi connectivity index (χ1) is 12.3. The molecule has 0 atom stereocenters. The van der Waals surface area contributed by atoms with Crippen molar-refractivity contribution in [2.24, 2.45) is 5.16 Å². The molecule has 0 aromatic heterocycles. The van der Waals surface area contributed by atoms with Crippen molar-refractivity contribution in [3.8, 4) is 0 Å². The molecule has 124 valence electrons. The Labute approximate surface area is 147 Å². The van der Waals surface area contributed by atoms with E-state index in [1.165, 1.54) is 0 Å². The molecule has 0 unspecified atom stereocenters. The zero-order valence-corrected chi connectivity index (χ0v) is 13.8. The highest BCUT2D eigenvalue weighted by molar-refractivity contribution is 6.15. The average Bonchev–Trinajstić information content (AvgIpc) is 2.69. The third kappa shape index (κ3) is 4.88. The van der Waals surface area contributed by atoms with Gasteiger partial charge in [-0.2, -0.15) is 0 Å². The average molecular weight is 329 g/mol. The van der Waals surface area contributed by atoms with E-state index >= 15 is 0 Å². The number of carbonyl (C=O) groups is 1. The second-order valence-corrected chi connectivity index (χ2v) is 5.63. The smallest absolute Gasteiger partial charge is 0.168 e. The van der Waals surface area contributed by atoms with Crippen molar-refractivity contribution >= 4 is 11.5 Å². The standard InChI is InChI=1S/C22H19NO2/c24-22(20-14-8-3-9-15-20)16-21(19-12-6-2-7-13-19)23-25-17-18-10-4-1-5-11-18/h1-15H,16-17H2/b23-21+. The molecule has 0 amide bonds. The van der Waals surface area contributed by atoms with Gasteiger partial charge in [0.2, 0.25) is 0 Å². The minimum Gasteiger partial charge on any atom is -0.391 e. The molecule has 3 aromatic rings. The second-order valence-electron chi connectivity index (χ2n) is 5.63. The Morgan fingerprint density at radius 2 is 1.24 bits per heavy atom. The zero-order valence-electron chi connectivity index (χ0n) is 13.8. The van der Waals surface area contributed by atoms with E-state index < -0.39 is 0 Å². The molecule has 0 aliphatic heterocycles. The van der Waals surface area contributed by atoms with Crippen LogP contribution in [0, 0.1) is 0 Å². The Morgan fingerprint density at radius 1 is 0.720 bits per heavy atom. The van der Waals surface area contributed by atoms with Crippen LogP contribution in [0.15, 0.2) is 96.2 Å². The molecule has 25 heavy (non-hydrogen) atoms. The first kappa shape index (κ1) is 16.7. The van der Waals surface area contributed by atoms with E-state index in [1.54, 1.807) is 0 Å². The number of hydrogen-bond donors (Lipinski definition) is 0. The van der Waals surface area contributed by atoms with Crippen LogP contribution in [-0.2, 0) is 11.4 Å². The SMILES string of the molecule is O=C(C/C(=N\OCc1ccccc1)c1ccccc1)c1ccccc1. The van der Waals surface area contributed by atoms with Gasteiger partial charge in [0, 0.05) is 5.56 Å². The van der Waals surface area contributed by atoms with Gasteiger partial charge in [-0.1, -0.05) is 96.2 Å². The minimum absolute atomic E-state index is 0.0199. The Hall–Kier alpha value is -3.20. The van der Waals surface area contributed by atoms with E-state index in [-0.39, 0.29) is 12.2 Å². The summed E-state index contributed by atoms with van der Waals surface area (Å²) in [6, 6.07) is 28.7. The molecular formula is C22H19NO2. The number of Topliss-reactive ketones (excluding diaryl/α,β-unsaturated/α-hetero) is 1. The highest BCUT2D eigenvalue weighted by Crippen LogP contribution is 2.11. The maximum Gasteiger partial charge on any atom is 0.168 e. The van der Waals surface area contributed by atoms with Crippen LogP contribution in [0.3, 0.4) is 0 Å². The number of oxime groups is 1. The van der Waals surface area contributed by atoms with Crippen LogP contribution in [0.5, 0.6) is 0 Å². The summed E-state index contributed by atoms with van der Waals surface area (Å²) >= 11 is 0. The molecule has 0 saturated carbocycles. The second kappa shape index (κ2) is 8.60. The Kier molecular flexibility index (Phi) is 5.73. The van der Waals surface area contributed by atoms with E-state index in [9.17, 15) is 4.79 Å². The molecule has 0 saturated heterocycles. The van der Waals surface area contributed by atoms with Crippen LogP contribution >= 0.6 is 0 Å². The van der Waals surface area contributed by atoms with Crippen LogP contribution in [0.4, 0.5) is 0 Å². The van der Waals surface area contributed by atoms with Crippen LogP contribution in [0.25, 0.3) is 0 Å². The lowest BCUT2D eigenvalue weighted by Gasteiger charge is -2.07. The summed E-state index contributed by atoms with van der Waals surface area (Å²) in [5.74, 6) is 0.0199. The van der Waals surface area contributed by atoms with E-state index in [2.05, 4.69) is 5.16 Å². The molecule has 0 heterocycles. The van der Waals surface area contributed by atoms with Gasteiger partial charge < -0.3 is 4.84 Å². The molecule has 3 nitrogen and oxygen atoms in total. The molecular weight excluding hydrogens is 310 g/mol. The van der Waals surface area contributed by atoms with E-state index in [0.717, 1.165) is 11.1 Å². The topological polar surface area (TPSA) is 38.7 Å². The summed E-state index contributed by atoms with van der Waals surface area (Å²) in [6.45, 7) is 0.372. The zero-order chi connectivity index (χ0) is 17.3. The molecule has 3 aromatic carbocycles. The number of nitrogens with zero attached hydrogens (tertiary/aromatic N) is 1. The fourth-order valence-electron chi connectivity index (χ4n) is 2.45. The summed E-state index contributed by atoms with van der Waals surface area (Å²) in [5.41, 5.74) is 3.23. The Bertz CT molecular complexity index is 828. The number of carbonyl (C=O) groups excluding carboxylic acids is 1. The minimum atomic E-state index is 0.0199. The Morgan fingerprint density at radius 3 is 1.84 bits per heavy atom. The molecule has 0 bridgehead atoms. The molecule has 3 heteroatoms. The predicted molar refractivity (Wildman–Crippen MR) is 99.6 cm³/mol. The van der Waals surface area contributed by atoms with Crippen LogP contribution in [0.2, 0.25) is 0 Å². The van der Waals surface area contributed by atoms with Gasteiger partial charge in [0.05, 0.1) is 12.1 Å². The van der Waals surface area contributed by atoms with Crippen molar-refractivity contribution in [3.05, 3.63) is 108 Å². The molecule has 0 aliphatic carbocycles. The van der Waals surface area contributed by atoms with Gasteiger partial charge in [-0.05, 0) is 11.1 Å². The van der Waals surface area contributed by atoms with Gasteiger partial charge in [0.1, 0.15) is 6.61 Å². The van der Waals surface area contributed by atoms with Crippen molar-refractivity contribution in [2.75, 3.05) is 0 Å². The third-order valence-corrected chi connectivity index (χ3v) is 3.78. The number of hydrogen-bond acceptors (Lipinski definition) is 3. The lowest BCUT2D eigenvalue weighted by molar-refractivity contribution is 0.0994. The molecule has 0 radical (unpaired) electrons. The summed E-state index contributed by atoms with van der Waals surface area (Å²) in [4.78, 5) is 18.0. The van der Waals surface area contributed by atoms with Gasteiger partial charge >= 0.3 is 0 Å². The third-order valence-electron chi connectivity index (χ3n) is 3.78. The van der Waals surface area contributed by atoms with Crippen molar-refractivity contribution in [1.82, 2.24) is 0 Å². The van der Waals surface area contributed by atoms with Gasteiger partial charge in [0.15, 0.2) is 5.78 Å². The van der Waals surface area contributed by atoms with Gasteiger partial charge in [-0.3, -0.25) is 4.79 Å². The van der Waals surface area contributed by atoms with Crippen molar-refractivity contribution in [2.45, 2.75) is 13.0 Å². The predicted octanol–water partition coefficient (Wildman–Crippen LogP) is 4.88. The van der Waals surface area contributed by atoms with E-state index in [1.807, 2.05) is 91.0 Å². The molecule has 0 spiro atoms. The lowest BCUT2D eigenvalue weighted by atomic mass is 10.0. The first-order valence-corrected chi connectivity index (χ1v) is 8.19. The number of benzene rings is 3. The molecule has 3 rings (SSSR count). The quantitative estimate of drug-likeness (QED) is 0.352. The molecule has 0 fully saturated rings. The highest BCUT2D eigenvalue weighted by Gasteiger charge is 2.12. The van der Waals surface area contributed by atoms with Gasteiger partial charge in [-0.15, -0.1) is 0 Å². The maximum atomic E-state index is 12.5. The summed E-state index contributed by atoms with van der Waals surface area (Å²) < 4.78 is 0. The van der Waals surface area contributed by atoms with Crippen LogP contribution in [0.1, 0.15) is 27.9 Å². The van der Waals surface area contributed by atoms with Gasteiger partial charge in [-0.25, -0.2) is 0 Å². The monoisotopic (exact) mass is 329 g/mol. The summed E-state index contributed by atoms with van der Waals surface area (Å²) in [6.07, 6.45) is 0.197. The van der Waals surface area contributed by atoms with Crippen LogP contribution in [-0.4, -0.2) is 11.5 Å². The fourth-order valence-corrected chi connectivity index (χ4v) is 2.45. The molecule has 0 aliphatic rings. The fraction of sp³-hybridized carbons (Fsp3) is 0.0909. The number of rotatable bonds is 7. The normalized spacial score (nSPS) is 11.1. The van der Waals surface area contributed by atoms with Crippen molar-refractivity contribution in [1.29, 1.82) is 0 Å². The van der Waals surface area contributed by atoms with Gasteiger partial charge in [0.25, 0.3) is 0 Å². The summed E-state index contributed by atoms with van der Waals surface area (Å²) in [7, 11) is 0.